The Balaban J connectivity index is 1.91. The van der Waals surface area contributed by atoms with Crippen LogP contribution < -0.4 is 5.32 Å². The molecule has 0 unspecified atom stereocenters. The van der Waals surface area contributed by atoms with E-state index in [-0.39, 0.29) is 24.0 Å². The van der Waals surface area contributed by atoms with E-state index in [1.807, 2.05) is 60.7 Å². The van der Waals surface area contributed by atoms with E-state index in [0.717, 1.165) is 16.1 Å². The summed E-state index contributed by atoms with van der Waals surface area (Å²) in [5.74, 6) is -0.309. The number of aromatic nitrogens is 1. The Labute approximate surface area is 163 Å². The minimum absolute atomic E-state index is 0.0663. The monoisotopic (exact) mass is 400 g/mol. The van der Waals surface area contributed by atoms with Crippen LogP contribution in [0.5, 0.6) is 0 Å². The minimum atomic E-state index is -3.12. The lowest BCUT2D eigenvalue weighted by Gasteiger charge is -2.05. The number of nitrogens with one attached hydrogen (secondary N) is 1. The number of hydrogen-bond acceptors (Lipinski definition) is 5. The highest BCUT2D eigenvalue weighted by atomic mass is 32.2. The van der Waals surface area contributed by atoms with Crippen molar-refractivity contribution in [2.24, 2.45) is 0 Å². The normalized spacial score (nSPS) is 11.3. The van der Waals surface area contributed by atoms with Crippen molar-refractivity contribution in [1.29, 1.82) is 0 Å². The zero-order valence-electron chi connectivity index (χ0n) is 14.9. The van der Waals surface area contributed by atoms with Gasteiger partial charge in [0.05, 0.1) is 11.4 Å². The maximum atomic E-state index is 12.7. The molecule has 0 saturated heterocycles. The molecule has 3 aromatic rings. The molecule has 1 N–H and O–H groups in total. The molecule has 1 amide bonds. The Morgan fingerprint density at radius 2 is 1.59 bits per heavy atom. The molecule has 0 fully saturated rings. The first-order valence-corrected chi connectivity index (χ1v) is 11.2. The van der Waals surface area contributed by atoms with Crippen molar-refractivity contribution < 1.29 is 13.2 Å². The molecule has 0 radical (unpaired) electrons. The van der Waals surface area contributed by atoms with Gasteiger partial charge < -0.3 is 5.32 Å². The van der Waals surface area contributed by atoms with Gasteiger partial charge in [-0.15, -0.1) is 11.3 Å². The molecular formula is C20H20N2O3S2. The van der Waals surface area contributed by atoms with Crippen LogP contribution in [0.25, 0.3) is 21.8 Å². The molecule has 140 valence electrons. The fourth-order valence-electron chi connectivity index (χ4n) is 2.51. The predicted octanol–water partition coefficient (Wildman–Crippen LogP) is 3.64. The molecular weight excluding hydrogens is 380 g/mol. The Kier molecular flexibility index (Phi) is 6.03. The lowest BCUT2D eigenvalue weighted by Crippen LogP contribution is -2.29. The highest BCUT2D eigenvalue weighted by Gasteiger charge is 2.20. The van der Waals surface area contributed by atoms with E-state index in [0.29, 0.717) is 10.6 Å². The topological polar surface area (TPSA) is 76.1 Å². The minimum Gasteiger partial charge on any atom is -0.350 e. The smallest absolute Gasteiger partial charge is 0.263 e. The highest BCUT2D eigenvalue weighted by molar-refractivity contribution is 7.91. The second-order valence-electron chi connectivity index (χ2n) is 5.92. The van der Waals surface area contributed by atoms with Crippen LogP contribution in [0.4, 0.5) is 0 Å². The van der Waals surface area contributed by atoms with Crippen molar-refractivity contribution in [2.75, 3.05) is 18.1 Å². The van der Waals surface area contributed by atoms with Crippen molar-refractivity contribution in [3.8, 4) is 21.8 Å². The molecule has 5 nitrogen and oxygen atoms in total. The van der Waals surface area contributed by atoms with Gasteiger partial charge in [-0.3, -0.25) is 4.79 Å². The number of benzene rings is 2. The molecule has 0 spiro atoms. The largest absolute Gasteiger partial charge is 0.350 e. The number of sulfone groups is 1. The van der Waals surface area contributed by atoms with E-state index in [2.05, 4.69) is 10.3 Å². The van der Waals surface area contributed by atoms with Crippen molar-refractivity contribution in [1.82, 2.24) is 10.3 Å². The van der Waals surface area contributed by atoms with E-state index in [9.17, 15) is 13.2 Å². The van der Waals surface area contributed by atoms with Gasteiger partial charge in [0.15, 0.2) is 9.84 Å². The van der Waals surface area contributed by atoms with Gasteiger partial charge in [0, 0.05) is 23.4 Å². The Hall–Kier alpha value is -2.51. The fraction of sp³-hybridized carbons (Fsp3) is 0.200. The molecule has 1 aromatic heterocycles. The third-order valence-corrected chi connectivity index (χ3v) is 6.85. The fourth-order valence-corrected chi connectivity index (χ4v) is 4.23. The van der Waals surface area contributed by atoms with Crippen molar-refractivity contribution in [3.05, 3.63) is 65.5 Å². The SMILES string of the molecule is CCS(=O)(=O)CCNC(=O)c1sc(-c2ccccc2)nc1-c1ccccc1. The van der Waals surface area contributed by atoms with Gasteiger partial charge in [0.25, 0.3) is 5.91 Å². The van der Waals surface area contributed by atoms with Gasteiger partial charge in [0.1, 0.15) is 9.88 Å². The molecule has 0 aliphatic carbocycles. The number of thiazole rings is 1. The summed E-state index contributed by atoms with van der Waals surface area (Å²) >= 11 is 1.31. The molecule has 0 saturated carbocycles. The quantitative estimate of drug-likeness (QED) is 0.657. The molecule has 0 atom stereocenters. The molecule has 1 heterocycles. The number of amides is 1. The second-order valence-corrected chi connectivity index (χ2v) is 9.39. The summed E-state index contributed by atoms with van der Waals surface area (Å²) in [5.41, 5.74) is 2.39. The van der Waals surface area contributed by atoms with Crippen molar-refractivity contribution >= 4 is 27.1 Å². The molecule has 7 heteroatoms. The van der Waals surface area contributed by atoms with Gasteiger partial charge in [-0.05, 0) is 0 Å². The molecule has 2 aromatic carbocycles. The number of hydrogen-bond donors (Lipinski definition) is 1. The Morgan fingerprint density at radius 1 is 1.00 bits per heavy atom. The van der Waals surface area contributed by atoms with Crippen LogP contribution >= 0.6 is 11.3 Å². The second kappa shape index (κ2) is 8.45. The first-order valence-electron chi connectivity index (χ1n) is 8.60. The molecule has 3 rings (SSSR count). The standard InChI is InChI=1S/C20H20N2O3S2/c1-2-27(24,25)14-13-21-19(23)18-17(15-9-5-3-6-10-15)22-20(26-18)16-11-7-4-8-12-16/h3-12H,2,13-14H2,1H3,(H,21,23). The van der Waals surface area contributed by atoms with Crippen LogP contribution in [0.1, 0.15) is 16.6 Å². The van der Waals surface area contributed by atoms with Crippen LogP contribution in [-0.4, -0.2) is 37.4 Å². The van der Waals surface area contributed by atoms with Gasteiger partial charge in [-0.1, -0.05) is 67.6 Å². The summed E-state index contributed by atoms with van der Waals surface area (Å²) in [6, 6.07) is 19.2. The van der Waals surface area contributed by atoms with Crippen LogP contribution in [0.2, 0.25) is 0 Å². The first kappa shape index (κ1) is 19.3. The summed E-state index contributed by atoms with van der Waals surface area (Å²) in [6.07, 6.45) is 0. The summed E-state index contributed by atoms with van der Waals surface area (Å²) in [5, 5.41) is 3.47. The lowest BCUT2D eigenvalue weighted by molar-refractivity contribution is 0.0960. The van der Waals surface area contributed by atoms with Crippen molar-refractivity contribution in [2.45, 2.75) is 6.92 Å². The summed E-state index contributed by atoms with van der Waals surface area (Å²) in [6.45, 7) is 1.68. The zero-order chi connectivity index (χ0) is 19.3. The van der Waals surface area contributed by atoms with Crippen LogP contribution in [-0.2, 0) is 9.84 Å². The van der Waals surface area contributed by atoms with E-state index in [1.54, 1.807) is 6.92 Å². The molecule has 0 aliphatic rings. The van der Waals surface area contributed by atoms with E-state index >= 15 is 0 Å². The van der Waals surface area contributed by atoms with Crippen LogP contribution in [0.15, 0.2) is 60.7 Å². The Bertz CT molecular complexity index is 1010. The molecule has 27 heavy (non-hydrogen) atoms. The lowest BCUT2D eigenvalue weighted by atomic mass is 10.1. The highest BCUT2D eigenvalue weighted by Crippen LogP contribution is 2.33. The van der Waals surface area contributed by atoms with Crippen molar-refractivity contribution in [3.63, 3.8) is 0 Å². The van der Waals surface area contributed by atoms with Gasteiger partial charge >= 0.3 is 0 Å². The number of carbonyl (C=O) groups excluding carboxylic acids is 1. The van der Waals surface area contributed by atoms with Gasteiger partial charge in [0.2, 0.25) is 0 Å². The summed E-state index contributed by atoms with van der Waals surface area (Å²) < 4.78 is 23.3. The van der Waals surface area contributed by atoms with Gasteiger partial charge in [-0.2, -0.15) is 0 Å². The first-order chi connectivity index (χ1) is 13.0. The average Bonchev–Trinajstić information content (AvgIpc) is 3.15. The van der Waals surface area contributed by atoms with E-state index in [4.69, 9.17) is 0 Å². The Morgan fingerprint density at radius 3 is 2.19 bits per heavy atom. The third-order valence-electron chi connectivity index (χ3n) is 4.04. The molecule has 0 bridgehead atoms. The predicted molar refractivity (Wildman–Crippen MR) is 110 cm³/mol. The number of carbonyl (C=O) groups is 1. The zero-order valence-corrected chi connectivity index (χ0v) is 16.5. The third kappa shape index (κ3) is 4.81. The van der Waals surface area contributed by atoms with Crippen LogP contribution in [0.3, 0.4) is 0 Å². The van der Waals surface area contributed by atoms with E-state index in [1.165, 1.54) is 11.3 Å². The molecule has 0 aliphatic heterocycles. The summed E-state index contributed by atoms with van der Waals surface area (Å²) in [4.78, 5) is 17.9. The maximum absolute atomic E-state index is 12.7. The number of nitrogens with zero attached hydrogens (tertiary/aromatic N) is 1. The summed E-state index contributed by atoms with van der Waals surface area (Å²) in [7, 11) is -3.12. The van der Waals surface area contributed by atoms with Gasteiger partial charge in [-0.25, -0.2) is 13.4 Å². The van der Waals surface area contributed by atoms with E-state index < -0.39 is 9.84 Å². The maximum Gasteiger partial charge on any atom is 0.263 e. The number of rotatable bonds is 7. The average molecular weight is 401 g/mol. The van der Waals surface area contributed by atoms with Crippen LogP contribution in [0, 0.1) is 0 Å².